The monoisotopic (exact) mass is 285 g/mol. The number of para-hydroxylation sites is 1. The Morgan fingerprint density at radius 2 is 1.85 bits per heavy atom. The first-order chi connectivity index (χ1) is 9.83. The third-order valence-electron chi connectivity index (χ3n) is 3.29. The van der Waals surface area contributed by atoms with Crippen molar-refractivity contribution in [3.05, 3.63) is 65.8 Å². The molecule has 3 heteroatoms. The molecule has 2 aromatic carbocycles. The number of fused-ring (bicyclic) bond motifs is 1. The van der Waals surface area contributed by atoms with Crippen molar-refractivity contribution in [1.29, 1.82) is 0 Å². The fourth-order valence-electron chi connectivity index (χ4n) is 2.31. The molecule has 2 nitrogen and oxygen atoms in total. The van der Waals surface area contributed by atoms with Gasteiger partial charge < -0.3 is 9.30 Å². The summed E-state index contributed by atoms with van der Waals surface area (Å²) in [4.78, 5) is 0. The van der Waals surface area contributed by atoms with Crippen LogP contribution in [0.4, 0.5) is 0 Å². The molecule has 1 heterocycles. The van der Waals surface area contributed by atoms with E-state index in [4.69, 9.17) is 16.3 Å². The van der Waals surface area contributed by atoms with Gasteiger partial charge in [0.25, 0.3) is 0 Å². The predicted molar refractivity (Wildman–Crippen MR) is 83.5 cm³/mol. The van der Waals surface area contributed by atoms with Crippen LogP contribution >= 0.6 is 11.6 Å². The number of hydrogen-bond donors (Lipinski definition) is 0. The van der Waals surface area contributed by atoms with Gasteiger partial charge in [-0.05, 0) is 42.8 Å². The Bertz CT molecular complexity index is 691. The Morgan fingerprint density at radius 1 is 1.00 bits per heavy atom. The number of halogens is 1. The number of aromatic nitrogens is 1. The predicted octanol–water partition coefficient (Wildman–Crippen LogP) is 4.76. The molecule has 0 atom stereocenters. The van der Waals surface area contributed by atoms with Gasteiger partial charge in [0, 0.05) is 28.7 Å². The number of aryl methyl sites for hydroxylation is 1. The van der Waals surface area contributed by atoms with Gasteiger partial charge in [-0.15, -0.1) is 0 Å². The molecule has 1 aromatic heterocycles. The van der Waals surface area contributed by atoms with E-state index in [0.717, 1.165) is 30.3 Å². The summed E-state index contributed by atoms with van der Waals surface area (Å²) in [6.45, 7) is 1.66. The molecule has 3 rings (SSSR count). The lowest BCUT2D eigenvalue weighted by atomic mass is 10.2. The van der Waals surface area contributed by atoms with Crippen molar-refractivity contribution in [1.82, 2.24) is 4.57 Å². The second-order valence-electron chi connectivity index (χ2n) is 4.73. The standard InChI is InChI=1S/C17H16ClNO/c18-15-7-8-17-14(13-15)9-11-19(17)10-4-12-20-16-5-2-1-3-6-16/h1-3,5-9,11,13H,4,10,12H2. The third-order valence-corrected chi connectivity index (χ3v) is 3.52. The van der Waals surface area contributed by atoms with E-state index in [9.17, 15) is 0 Å². The normalized spacial score (nSPS) is 10.8. The minimum Gasteiger partial charge on any atom is -0.494 e. The summed E-state index contributed by atoms with van der Waals surface area (Å²) in [5, 5.41) is 1.96. The molecular weight excluding hydrogens is 270 g/mol. The quantitative estimate of drug-likeness (QED) is 0.616. The van der Waals surface area contributed by atoms with Crippen LogP contribution in [-0.4, -0.2) is 11.2 Å². The lowest BCUT2D eigenvalue weighted by Crippen LogP contribution is -2.03. The van der Waals surface area contributed by atoms with E-state index in [-0.39, 0.29) is 0 Å². The smallest absolute Gasteiger partial charge is 0.119 e. The summed E-state index contributed by atoms with van der Waals surface area (Å²) >= 11 is 5.99. The van der Waals surface area contributed by atoms with Crippen LogP contribution in [0.15, 0.2) is 60.8 Å². The van der Waals surface area contributed by atoms with Crippen molar-refractivity contribution in [3.8, 4) is 5.75 Å². The summed E-state index contributed by atoms with van der Waals surface area (Å²) < 4.78 is 7.94. The van der Waals surface area contributed by atoms with Crippen molar-refractivity contribution >= 4 is 22.5 Å². The van der Waals surface area contributed by atoms with Crippen molar-refractivity contribution in [2.45, 2.75) is 13.0 Å². The van der Waals surface area contributed by atoms with Crippen molar-refractivity contribution in [2.75, 3.05) is 6.61 Å². The molecular formula is C17H16ClNO. The van der Waals surface area contributed by atoms with E-state index >= 15 is 0 Å². The summed E-state index contributed by atoms with van der Waals surface area (Å²) in [6.07, 6.45) is 3.07. The zero-order chi connectivity index (χ0) is 13.8. The maximum Gasteiger partial charge on any atom is 0.119 e. The SMILES string of the molecule is Clc1ccc2c(ccn2CCCOc2ccccc2)c1. The Hall–Kier alpha value is -1.93. The van der Waals surface area contributed by atoms with Crippen molar-refractivity contribution in [2.24, 2.45) is 0 Å². The minimum atomic E-state index is 0.720. The molecule has 0 amide bonds. The molecule has 0 fully saturated rings. The number of nitrogens with zero attached hydrogens (tertiary/aromatic N) is 1. The van der Waals surface area contributed by atoms with Crippen LogP contribution in [0.3, 0.4) is 0 Å². The summed E-state index contributed by atoms with van der Waals surface area (Å²) in [6, 6.07) is 18.0. The lowest BCUT2D eigenvalue weighted by Gasteiger charge is -2.08. The summed E-state index contributed by atoms with van der Waals surface area (Å²) in [5.41, 5.74) is 1.22. The van der Waals surface area contributed by atoms with Crippen LogP contribution in [0.2, 0.25) is 5.02 Å². The molecule has 0 bridgehead atoms. The van der Waals surface area contributed by atoms with Gasteiger partial charge in [0.2, 0.25) is 0 Å². The lowest BCUT2D eigenvalue weighted by molar-refractivity contribution is 0.302. The zero-order valence-electron chi connectivity index (χ0n) is 11.1. The Morgan fingerprint density at radius 3 is 2.70 bits per heavy atom. The highest BCUT2D eigenvalue weighted by Gasteiger charge is 2.01. The highest BCUT2D eigenvalue weighted by Crippen LogP contribution is 2.20. The topological polar surface area (TPSA) is 14.2 Å². The van der Waals surface area contributed by atoms with Gasteiger partial charge in [0.1, 0.15) is 5.75 Å². The fraction of sp³-hybridized carbons (Fsp3) is 0.176. The van der Waals surface area contributed by atoms with Crippen LogP contribution in [-0.2, 0) is 6.54 Å². The maximum absolute atomic E-state index is 5.99. The van der Waals surface area contributed by atoms with Gasteiger partial charge in [-0.25, -0.2) is 0 Å². The molecule has 0 aliphatic carbocycles. The molecule has 0 unspecified atom stereocenters. The molecule has 0 saturated heterocycles. The number of ether oxygens (including phenoxy) is 1. The minimum absolute atomic E-state index is 0.720. The largest absolute Gasteiger partial charge is 0.494 e. The van der Waals surface area contributed by atoms with Gasteiger partial charge in [0.05, 0.1) is 6.61 Å². The Balaban J connectivity index is 1.58. The number of benzene rings is 2. The second kappa shape index (κ2) is 6.02. The van der Waals surface area contributed by atoms with Crippen LogP contribution < -0.4 is 4.74 Å². The van der Waals surface area contributed by atoms with E-state index in [1.807, 2.05) is 42.5 Å². The van der Waals surface area contributed by atoms with Gasteiger partial charge in [0.15, 0.2) is 0 Å². The van der Waals surface area contributed by atoms with Crippen LogP contribution in [0.5, 0.6) is 5.75 Å². The van der Waals surface area contributed by atoms with Gasteiger partial charge in [-0.2, -0.15) is 0 Å². The first-order valence-corrected chi connectivity index (χ1v) is 7.13. The maximum atomic E-state index is 5.99. The second-order valence-corrected chi connectivity index (χ2v) is 5.16. The van der Waals surface area contributed by atoms with Crippen molar-refractivity contribution < 1.29 is 4.74 Å². The van der Waals surface area contributed by atoms with Crippen molar-refractivity contribution in [3.63, 3.8) is 0 Å². The summed E-state index contributed by atoms with van der Waals surface area (Å²) in [5.74, 6) is 0.927. The first kappa shape index (κ1) is 13.1. The molecule has 0 saturated carbocycles. The Kier molecular flexibility index (Phi) is 3.93. The number of hydrogen-bond acceptors (Lipinski definition) is 1. The average molecular weight is 286 g/mol. The molecule has 3 aromatic rings. The third kappa shape index (κ3) is 2.97. The van der Waals surface area contributed by atoms with E-state index in [2.05, 4.69) is 22.9 Å². The van der Waals surface area contributed by atoms with Gasteiger partial charge in [-0.1, -0.05) is 29.8 Å². The van der Waals surface area contributed by atoms with E-state index < -0.39 is 0 Å². The van der Waals surface area contributed by atoms with Crippen LogP contribution in [0, 0.1) is 0 Å². The highest BCUT2D eigenvalue weighted by molar-refractivity contribution is 6.31. The van der Waals surface area contributed by atoms with Crippen LogP contribution in [0.1, 0.15) is 6.42 Å². The molecule has 0 radical (unpaired) electrons. The first-order valence-electron chi connectivity index (χ1n) is 6.75. The van der Waals surface area contributed by atoms with E-state index in [1.54, 1.807) is 0 Å². The molecule has 20 heavy (non-hydrogen) atoms. The average Bonchev–Trinajstić information content (AvgIpc) is 2.87. The van der Waals surface area contributed by atoms with E-state index in [1.165, 1.54) is 10.9 Å². The molecule has 0 aliphatic heterocycles. The Labute approximate surface area is 123 Å². The van der Waals surface area contributed by atoms with E-state index in [0.29, 0.717) is 0 Å². The zero-order valence-corrected chi connectivity index (χ0v) is 11.9. The number of rotatable bonds is 5. The highest BCUT2D eigenvalue weighted by atomic mass is 35.5. The molecule has 0 N–H and O–H groups in total. The molecule has 102 valence electrons. The fourth-order valence-corrected chi connectivity index (χ4v) is 2.49. The molecule has 0 spiro atoms. The van der Waals surface area contributed by atoms with Gasteiger partial charge >= 0.3 is 0 Å². The summed E-state index contributed by atoms with van der Waals surface area (Å²) in [7, 11) is 0. The molecule has 0 aliphatic rings. The van der Waals surface area contributed by atoms with Gasteiger partial charge in [-0.3, -0.25) is 0 Å². The van der Waals surface area contributed by atoms with Crippen LogP contribution in [0.25, 0.3) is 10.9 Å².